The van der Waals surface area contributed by atoms with E-state index in [0.29, 0.717) is 17.9 Å². The first-order valence-corrected chi connectivity index (χ1v) is 16.7. The third kappa shape index (κ3) is 7.76. The van der Waals surface area contributed by atoms with Gasteiger partial charge in [-0.05, 0) is 87.5 Å². The predicted molar refractivity (Wildman–Crippen MR) is 145 cm³/mol. The average molecular weight is 513 g/mol. The summed E-state index contributed by atoms with van der Waals surface area (Å²) in [6.07, 6.45) is 4.90. The molecule has 2 atom stereocenters. The lowest BCUT2D eigenvalue weighted by molar-refractivity contribution is -0.0668. The molecule has 0 aromatic carbocycles. The molecule has 0 aliphatic heterocycles. The van der Waals surface area contributed by atoms with Crippen molar-refractivity contribution in [3.63, 3.8) is 0 Å². The molecule has 0 spiro atoms. The van der Waals surface area contributed by atoms with Crippen LogP contribution in [0.3, 0.4) is 0 Å². The summed E-state index contributed by atoms with van der Waals surface area (Å²) in [6.45, 7) is 25.8. The van der Waals surface area contributed by atoms with Crippen LogP contribution in [0.15, 0.2) is 12.3 Å². The van der Waals surface area contributed by atoms with E-state index >= 15 is 4.39 Å². The Balaban J connectivity index is 2.48. The molecule has 0 bridgehead atoms. The standard InChI is InChI=1S/C27H49FN2O2SSi/c1-19-14-27(15-19,32-34(11,12)26(8,9)10)17-22(30-33(31)25(5,6)7)21-13-20(16-24(2,3)4)18-29-23(21)28/h13,18-19,22,30H,14-17H2,1-12H3/t19?,22-,27?,33?/m0/s1. The van der Waals surface area contributed by atoms with Crippen LogP contribution in [-0.2, 0) is 22.2 Å². The molecule has 1 aromatic rings. The molecule has 7 heteroatoms. The first-order chi connectivity index (χ1) is 15.1. The van der Waals surface area contributed by atoms with Crippen LogP contribution in [-0.4, -0.2) is 28.2 Å². The molecule has 2 rings (SSSR count). The number of nitrogens with one attached hydrogen (secondary N) is 1. The van der Waals surface area contributed by atoms with Gasteiger partial charge in [-0.2, -0.15) is 4.39 Å². The van der Waals surface area contributed by atoms with Crippen molar-refractivity contribution in [2.75, 3.05) is 0 Å². The van der Waals surface area contributed by atoms with Gasteiger partial charge in [-0.15, -0.1) is 4.72 Å². The molecule has 34 heavy (non-hydrogen) atoms. The molecule has 0 radical (unpaired) electrons. The van der Waals surface area contributed by atoms with Gasteiger partial charge >= 0.3 is 0 Å². The lowest BCUT2D eigenvalue weighted by Gasteiger charge is -2.54. The van der Waals surface area contributed by atoms with E-state index in [-0.39, 0.29) is 16.1 Å². The Hall–Kier alpha value is -0.473. The highest BCUT2D eigenvalue weighted by Gasteiger charge is 2.52. The molecule has 1 saturated carbocycles. The van der Waals surface area contributed by atoms with E-state index in [0.717, 1.165) is 24.8 Å². The Morgan fingerprint density at radius 1 is 1.18 bits per heavy atom. The van der Waals surface area contributed by atoms with Crippen molar-refractivity contribution >= 4 is 19.7 Å². The second-order valence-corrected chi connectivity index (χ2v) is 21.0. The lowest BCUT2D eigenvalue weighted by atomic mass is 9.68. The first kappa shape index (κ1) is 29.8. The van der Waals surface area contributed by atoms with Gasteiger partial charge < -0.3 is 8.98 Å². The fourth-order valence-electron chi connectivity index (χ4n) is 4.55. The van der Waals surface area contributed by atoms with Gasteiger partial charge in [0.2, 0.25) is 5.95 Å². The highest BCUT2D eigenvalue weighted by Crippen LogP contribution is 2.51. The molecule has 0 amide bonds. The molecule has 1 aliphatic rings. The van der Waals surface area contributed by atoms with Gasteiger partial charge in [0, 0.05) is 23.1 Å². The fraction of sp³-hybridized carbons (Fsp3) is 0.815. The van der Waals surface area contributed by atoms with Gasteiger partial charge in [-0.25, -0.2) is 4.98 Å². The van der Waals surface area contributed by atoms with Crippen molar-refractivity contribution in [3.8, 4) is 0 Å². The first-order valence-electron chi connectivity index (χ1n) is 12.7. The topological polar surface area (TPSA) is 57.2 Å². The highest BCUT2D eigenvalue weighted by molar-refractivity contribution is 7.90. The van der Waals surface area contributed by atoms with Crippen molar-refractivity contribution in [2.24, 2.45) is 11.3 Å². The quantitative estimate of drug-likeness (QED) is 0.223. The van der Waals surface area contributed by atoms with Gasteiger partial charge in [-0.3, -0.25) is 0 Å². The molecule has 1 unspecified atom stereocenters. The van der Waals surface area contributed by atoms with E-state index in [9.17, 15) is 4.55 Å². The van der Waals surface area contributed by atoms with Crippen molar-refractivity contribution < 1.29 is 13.4 Å². The lowest BCUT2D eigenvalue weighted by Crippen LogP contribution is -2.57. The van der Waals surface area contributed by atoms with Gasteiger partial charge in [-0.1, -0.05) is 48.5 Å². The summed E-state index contributed by atoms with van der Waals surface area (Å²) in [5, 5.41) is 0.0788. The smallest absolute Gasteiger partial charge is 0.217 e. The largest absolute Gasteiger partial charge is 0.598 e. The maximum Gasteiger partial charge on any atom is 0.217 e. The maximum atomic E-state index is 15.2. The monoisotopic (exact) mass is 512 g/mol. The summed E-state index contributed by atoms with van der Waals surface area (Å²) in [6, 6.07) is 1.48. The molecule has 1 N–H and O–H groups in total. The molecule has 1 aliphatic carbocycles. The molecule has 4 nitrogen and oxygen atoms in total. The van der Waals surface area contributed by atoms with Gasteiger partial charge in [0.15, 0.2) is 8.32 Å². The summed E-state index contributed by atoms with van der Waals surface area (Å²) >= 11 is -1.35. The Morgan fingerprint density at radius 2 is 1.74 bits per heavy atom. The minimum atomic E-state index is -2.05. The van der Waals surface area contributed by atoms with E-state index < -0.39 is 36.4 Å². The highest BCUT2D eigenvalue weighted by atomic mass is 32.2. The molecule has 196 valence electrons. The Bertz CT molecular complexity index is 837. The Kier molecular flexibility index (Phi) is 8.85. The van der Waals surface area contributed by atoms with Gasteiger partial charge in [0.25, 0.3) is 0 Å². The molecule has 1 fully saturated rings. The summed E-state index contributed by atoms with van der Waals surface area (Å²) in [5.74, 6) is 0.0737. The second-order valence-electron chi connectivity index (χ2n) is 14.3. The van der Waals surface area contributed by atoms with Crippen molar-refractivity contribution in [2.45, 2.75) is 129 Å². The van der Waals surface area contributed by atoms with Crippen molar-refractivity contribution in [3.05, 3.63) is 29.3 Å². The van der Waals surface area contributed by atoms with E-state index in [1.165, 1.54) is 0 Å². The number of pyridine rings is 1. The Labute approximate surface area is 212 Å². The minimum Gasteiger partial charge on any atom is -0.598 e. The van der Waals surface area contributed by atoms with Crippen LogP contribution in [0.1, 0.15) is 106 Å². The van der Waals surface area contributed by atoms with Gasteiger partial charge in [0.1, 0.15) is 4.75 Å². The van der Waals surface area contributed by atoms with Crippen molar-refractivity contribution in [1.29, 1.82) is 0 Å². The second kappa shape index (κ2) is 10.1. The minimum absolute atomic E-state index is 0.0595. The predicted octanol–water partition coefficient (Wildman–Crippen LogP) is 7.48. The summed E-state index contributed by atoms with van der Waals surface area (Å²) < 4.78 is 38.3. The van der Waals surface area contributed by atoms with Crippen LogP contribution < -0.4 is 4.72 Å². The SMILES string of the molecule is CC1CC(C[C@H](N[S+]([O-])C(C)(C)C)c2cc(CC(C)(C)C)cnc2F)(O[Si](C)(C)C(C)(C)C)C1. The van der Waals surface area contributed by atoms with Crippen LogP contribution in [0.4, 0.5) is 4.39 Å². The van der Waals surface area contributed by atoms with E-state index in [1.807, 2.05) is 26.8 Å². The summed E-state index contributed by atoms with van der Waals surface area (Å²) in [4.78, 5) is 4.12. The molecular formula is C27H49FN2O2SSi. The zero-order valence-electron chi connectivity index (χ0n) is 23.7. The van der Waals surface area contributed by atoms with Crippen LogP contribution in [0, 0.1) is 17.3 Å². The molecule has 1 aromatic heterocycles. The summed E-state index contributed by atoms with van der Waals surface area (Å²) in [5.41, 5.74) is 1.22. The molecular weight excluding hydrogens is 463 g/mol. The number of hydrogen-bond donors (Lipinski definition) is 1. The zero-order valence-corrected chi connectivity index (χ0v) is 25.5. The van der Waals surface area contributed by atoms with E-state index in [4.69, 9.17) is 4.43 Å². The molecule has 0 saturated heterocycles. The third-order valence-electron chi connectivity index (χ3n) is 7.13. The number of halogens is 1. The normalized spacial score (nSPS) is 24.0. The number of nitrogens with zero attached hydrogens (tertiary/aromatic N) is 1. The maximum absolute atomic E-state index is 15.2. The average Bonchev–Trinajstić information content (AvgIpc) is 2.58. The van der Waals surface area contributed by atoms with Crippen molar-refractivity contribution in [1.82, 2.24) is 9.71 Å². The van der Waals surface area contributed by atoms with Crippen LogP contribution >= 0.6 is 0 Å². The summed E-state index contributed by atoms with van der Waals surface area (Å²) in [7, 11) is -2.05. The number of hydrogen-bond acceptors (Lipinski definition) is 4. The van der Waals surface area contributed by atoms with E-state index in [1.54, 1.807) is 6.20 Å². The Morgan fingerprint density at radius 3 is 2.18 bits per heavy atom. The zero-order chi connectivity index (χ0) is 26.3. The van der Waals surface area contributed by atoms with Gasteiger partial charge in [0.05, 0.1) is 11.6 Å². The van der Waals surface area contributed by atoms with Crippen LogP contribution in [0.25, 0.3) is 0 Å². The number of rotatable bonds is 8. The van der Waals surface area contributed by atoms with Crippen LogP contribution in [0.2, 0.25) is 18.1 Å². The third-order valence-corrected chi connectivity index (χ3v) is 13.3. The van der Waals surface area contributed by atoms with Crippen LogP contribution in [0.5, 0.6) is 0 Å². The molecule has 1 heterocycles. The fourth-order valence-corrected chi connectivity index (χ4v) is 7.01. The van der Waals surface area contributed by atoms with E-state index in [2.05, 4.69) is 71.3 Å². The number of aromatic nitrogens is 1.